The summed E-state index contributed by atoms with van der Waals surface area (Å²) in [7, 11) is -2.58. The molecule has 4 amide bonds. The van der Waals surface area contributed by atoms with E-state index in [1.165, 1.54) is 12.1 Å². The largest absolute Gasteiger partial charge is 0.394 e. The lowest BCUT2D eigenvalue weighted by molar-refractivity contribution is -0.284. The minimum absolute atomic E-state index is 0.136. The number of rotatable bonds is 7. The first-order chi connectivity index (χ1) is 19.7. The molecule has 0 saturated carbocycles. The van der Waals surface area contributed by atoms with E-state index in [0.717, 1.165) is 9.80 Å². The summed E-state index contributed by atoms with van der Waals surface area (Å²) in [5.41, 5.74) is -0.338. The second-order valence-corrected chi connectivity index (χ2v) is 18.1. The number of carbonyl (C=O) groups is 4. The molecule has 0 spiro atoms. The first kappa shape index (κ1) is 30.2. The van der Waals surface area contributed by atoms with E-state index in [2.05, 4.69) is 0 Å². The molecular formula is C30H36N2O9Si. The van der Waals surface area contributed by atoms with E-state index in [0.29, 0.717) is 0 Å². The summed E-state index contributed by atoms with van der Waals surface area (Å²) >= 11 is 0. The van der Waals surface area contributed by atoms with Gasteiger partial charge in [-0.1, -0.05) is 58.1 Å². The average molecular weight is 597 g/mol. The van der Waals surface area contributed by atoms with Crippen molar-refractivity contribution >= 4 is 31.7 Å². The Kier molecular flexibility index (Phi) is 7.75. The Bertz CT molecular complexity index is 1370. The monoisotopic (exact) mass is 596 g/mol. The highest BCUT2D eigenvalue weighted by Crippen LogP contribution is 2.42. The number of carbonyl (C=O) groups excluding carboxylic acids is 4. The van der Waals surface area contributed by atoms with E-state index < -0.39 is 68.1 Å². The Morgan fingerprint density at radius 3 is 1.74 bits per heavy atom. The fourth-order valence-electron chi connectivity index (χ4n) is 5.58. The number of imide groups is 2. The molecule has 0 aliphatic carbocycles. The van der Waals surface area contributed by atoms with Gasteiger partial charge in [0.25, 0.3) is 23.6 Å². The zero-order valence-electron chi connectivity index (χ0n) is 24.2. The van der Waals surface area contributed by atoms with Crippen LogP contribution in [0, 0.1) is 0 Å². The number of hydrogen-bond donors (Lipinski definition) is 3. The van der Waals surface area contributed by atoms with Crippen molar-refractivity contribution in [3.63, 3.8) is 0 Å². The van der Waals surface area contributed by atoms with Crippen LogP contribution in [0.15, 0.2) is 48.5 Å². The lowest BCUT2D eigenvalue weighted by atomic mass is 9.95. The number of aliphatic hydroxyl groups is 3. The van der Waals surface area contributed by atoms with Crippen LogP contribution in [0.4, 0.5) is 0 Å². The van der Waals surface area contributed by atoms with Crippen molar-refractivity contribution in [2.75, 3.05) is 13.2 Å². The van der Waals surface area contributed by atoms with Crippen LogP contribution in [0.1, 0.15) is 62.2 Å². The Hall–Kier alpha value is -3.26. The van der Waals surface area contributed by atoms with Gasteiger partial charge < -0.3 is 24.8 Å². The SMILES string of the molecule is CC(C)(C)[Si](C)(C)C(O)[C@H]1O[C@H](OCCN2C(=O)c3ccccc3C2=O)[C@@H](N2C(=O)c3ccccc3C2=O)[C@@H](O)[C@@H]1O. The quantitative estimate of drug-likeness (QED) is 0.321. The maximum atomic E-state index is 13.4. The van der Waals surface area contributed by atoms with Gasteiger partial charge in [-0.2, -0.15) is 0 Å². The molecule has 12 heteroatoms. The van der Waals surface area contributed by atoms with E-state index in [9.17, 15) is 34.5 Å². The topological polar surface area (TPSA) is 154 Å². The Morgan fingerprint density at radius 1 is 0.833 bits per heavy atom. The van der Waals surface area contributed by atoms with Gasteiger partial charge in [0.2, 0.25) is 0 Å². The van der Waals surface area contributed by atoms with Gasteiger partial charge in [0, 0.05) is 0 Å². The molecule has 2 aromatic carbocycles. The molecule has 42 heavy (non-hydrogen) atoms. The van der Waals surface area contributed by atoms with Gasteiger partial charge in [-0.15, -0.1) is 0 Å². The molecular weight excluding hydrogens is 560 g/mol. The summed E-state index contributed by atoms with van der Waals surface area (Å²) in [6.45, 7) is 9.38. The van der Waals surface area contributed by atoms with Crippen molar-refractivity contribution in [3.8, 4) is 0 Å². The van der Waals surface area contributed by atoms with Crippen molar-refractivity contribution in [1.29, 1.82) is 0 Å². The third-order valence-electron chi connectivity index (χ3n) is 9.19. The van der Waals surface area contributed by atoms with Crippen LogP contribution >= 0.6 is 0 Å². The molecule has 3 heterocycles. The number of benzene rings is 2. The molecule has 0 aromatic heterocycles. The molecule has 1 fully saturated rings. The van der Waals surface area contributed by atoms with Crippen molar-refractivity contribution in [3.05, 3.63) is 70.8 Å². The van der Waals surface area contributed by atoms with Crippen molar-refractivity contribution in [1.82, 2.24) is 9.80 Å². The average Bonchev–Trinajstić information content (AvgIpc) is 3.34. The number of nitrogens with zero attached hydrogens (tertiary/aromatic N) is 2. The van der Waals surface area contributed by atoms with Crippen LogP contribution in [-0.2, 0) is 9.47 Å². The van der Waals surface area contributed by atoms with E-state index in [-0.39, 0.29) is 40.4 Å². The van der Waals surface area contributed by atoms with Gasteiger partial charge in [-0.05, 0) is 29.3 Å². The standard InChI is InChI=1S/C30H36N2O9Si/c1-30(2,3)42(4,5)28(39)23-22(34)21(33)20(32-26(37)18-12-8-9-13-19(18)27(32)38)29(41-23)40-15-14-31-24(35)16-10-6-7-11-17(16)25(31)36/h6-13,20-23,28-29,33-34,39H,14-15H2,1-5H3/t20-,21+,22-,23-,28?,29-/m0/s1. The van der Waals surface area contributed by atoms with Crippen LogP contribution in [0.5, 0.6) is 0 Å². The Morgan fingerprint density at radius 2 is 1.29 bits per heavy atom. The summed E-state index contributed by atoms with van der Waals surface area (Å²) in [5.74, 6) is -2.34. The van der Waals surface area contributed by atoms with Gasteiger partial charge in [0.15, 0.2) is 6.29 Å². The number of amides is 4. The summed E-state index contributed by atoms with van der Waals surface area (Å²) in [6, 6.07) is 11.2. The predicted octanol–water partition coefficient (Wildman–Crippen LogP) is 1.82. The maximum Gasteiger partial charge on any atom is 0.262 e. The minimum atomic E-state index is -2.58. The first-order valence-corrected chi connectivity index (χ1v) is 17.0. The highest BCUT2D eigenvalue weighted by atomic mass is 28.3. The van der Waals surface area contributed by atoms with E-state index in [1.807, 2.05) is 33.9 Å². The first-order valence-electron chi connectivity index (χ1n) is 13.9. The molecule has 224 valence electrons. The normalized spacial score (nSPS) is 27.0. The highest BCUT2D eigenvalue weighted by molar-refractivity contribution is 6.81. The maximum absolute atomic E-state index is 13.4. The van der Waals surface area contributed by atoms with Crippen LogP contribution in [-0.4, -0.2) is 106 Å². The second-order valence-electron chi connectivity index (χ2n) is 12.6. The lowest BCUT2D eigenvalue weighted by Crippen LogP contribution is -2.70. The molecule has 3 aliphatic heterocycles. The van der Waals surface area contributed by atoms with Crippen molar-refractivity contribution < 1.29 is 44.0 Å². The van der Waals surface area contributed by atoms with Crippen molar-refractivity contribution in [2.24, 2.45) is 0 Å². The molecule has 1 unspecified atom stereocenters. The van der Waals surface area contributed by atoms with E-state index in [1.54, 1.807) is 36.4 Å². The Labute approximate surface area is 244 Å². The van der Waals surface area contributed by atoms with Gasteiger partial charge >= 0.3 is 0 Å². The van der Waals surface area contributed by atoms with Gasteiger partial charge in [-0.3, -0.25) is 29.0 Å². The van der Waals surface area contributed by atoms with Crippen LogP contribution in [0.3, 0.4) is 0 Å². The van der Waals surface area contributed by atoms with Crippen LogP contribution in [0.2, 0.25) is 18.1 Å². The fraction of sp³-hybridized carbons (Fsp3) is 0.467. The fourth-order valence-corrected chi connectivity index (χ4v) is 7.57. The van der Waals surface area contributed by atoms with Crippen LogP contribution in [0.25, 0.3) is 0 Å². The molecule has 0 bridgehead atoms. The third-order valence-corrected chi connectivity index (χ3v) is 14.9. The van der Waals surface area contributed by atoms with Crippen molar-refractivity contribution in [2.45, 2.75) is 75.3 Å². The zero-order valence-corrected chi connectivity index (χ0v) is 25.2. The molecule has 2 aromatic rings. The summed E-state index contributed by atoms with van der Waals surface area (Å²) in [5, 5.41) is 33.8. The molecule has 3 N–H and O–H groups in total. The smallest absolute Gasteiger partial charge is 0.262 e. The van der Waals surface area contributed by atoms with Gasteiger partial charge in [-0.25, -0.2) is 0 Å². The number of fused-ring (bicyclic) bond motifs is 2. The highest BCUT2D eigenvalue weighted by Gasteiger charge is 2.57. The zero-order chi connectivity index (χ0) is 30.7. The molecule has 1 saturated heterocycles. The summed E-state index contributed by atoms with van der Waals surface area (Å²) in [6.07, 6.45) is -6.16. The van der Waals surface area contributed by atoms with E-state index in [4.69, 9.17) is 9.47 Å². The Balaban J connectivity index is 1.42. The van der Waals surface area contributed by atoms with Gasteiger partial charge in [0.05, 0.1) is 49.2 Å². The molecule has 6 atom stereocenters. The summed E-state index contributed by atoms with van der Waals surface area (Å²) < 4.78 is 12.1. The molecule has 5 rings (SSSR count). The lowest BCUT2D eigenvalue weighted by Gasteiger charge is -2.50. The van der Waals surface area contributed by atoms with Crippen LogP contribution < -0.4 is 0 Å². The summed E-state index contributed by atoms with van der Waals surface area (Å²) in [4.78, 5) is 54.2. The van der Waals surface area contributed by atoms with Gasteiger partial charge in [0.1, 0.15) is 24.4 Å². The number of hydrogen-bond acceptors (Lipinski definition) is 9. The number of aliphatic hydroxyl groups excluding tert-OH is 3. The number of ether oxygens (including phenoxy) is 2. The minimum Gasteiger partial charge on any atom is -0.394 e. The molecule has 11 nitrogen and oxygen atoms in total. The predicted molar refractivity (Wildman–Crippen MR) is 152 cm³/mol. The van der Waals surface area contributed by atoms with E-state index >= 15 is 0 Å². The third kappa shape index (κ3) is 4.72. The second kappa shape index (κ2) is 10.8. The molecule has 3 aliphatic rings. The molecule has 0 radical (unpaired) electrons.